The molecule has 50 heavy (non-hydrogen) atoms. The van der Waals surface area contributed by atoms with E-state index < -0.39 is 0 Å². The van der Waals surface area contributed by atoms with Crippen molar-refractivity contribution in [2.24, 2.45) is 0 Å². The monoisotopic (exact) mass is 686 g/mol. The highest BCUT2D eigenvalue weighted by Gasteiger charge is 2.11. The quantitative estimate of drug-likeness (QED) is 0.173. The largest absolute Gasteiger partial charge is 0.226 e. The van der Waals surface area contributed by atoms with Gasteiger partial charge in [-0.1, -0.05) is 170 Å². The van der Waals surface area contributed by atoms with E-state index in [4.69, 9.17) is 23.2 Å². The van der Waals surface area contributed by atoms with E-state index in [9.17, 15) is 0 Å². The summed E-state index contributed by atoms with van der Waals surface area (Å²) < 4.78 is 0. The van der Waals surface area contributed by atoms with Gasteiger partial charge in [0.25, 0.3) is 0 Å². The molecular weight excluding hydrogens is 659 g/mol. The fourth-order valence-corrected chi connectivity index (χ4v) is 5.60. The molecule has 0 amide bonds. The van der Waals surface area contributed by atoms with Crippen molar-refractivity contribution in [1.29, 1.82) is 0 Å². The lowest BCUT2D eigenvalue weighted by atomic mass is 10.0. The molecule has 0 spiro atoms. The van der Waals surface area contributed by atoms with Gasteiger partial charge in [0.15, 0.2) is 23.3 Å². The number of rotatable bonds is 6. The summed E-state index contributed by atoms with van der Waals surface area (Å²) in [5, 5.41) is 0.381. The molecule has 0 saturated heterocycles. The molecule has 240 valence electrons. The zero-order valence-corrected chi connectivity index (χ0v) is 28.1. The molecule has 0 bridgehead atoms. The minimum absolute atomic E-state index is 0.191. The molecule has 0 saturated carbocycles. The van der Waals surface area contributed by atoms with Crippen molar-refractivity contribution in [1.82, 2.24) is 29.9 Å². The van der Waals surface area contributed by atoms with E-state index in [-0.39, 0.29) is 10.6 Å². The molecule has 6 nitrogen and oxygen atoms in total. The van der Waals surface area contributed by atoms with Gasteiger partial charge in [-0.2, -0.15) is 19.9 Å². The molecule has 0 atom stereocenters. The van der Waals surface area contributed by atoms with Crippen LogP contribution >= 0.6 is 23.2 Å². The van der Waals surface area contributed by atoms with E-state index in [0.29, 0.717) is 23.3 Å². The Balaban J connectivity index is 0.000000157. The van der Waals surface area contributed by atoms with Crippen molar-refractivity contribution < 1.29 is 0 Å². The van der Waals surface area contributed by atoms with E-state index in [2.05, 4.69) is 78.4 Å². The summed E-state index contributed by atoms with van der Waals surface area (Å²) in [5.41, 5.74) is 8.27. The molecule has 2 aromatic heterocycles. The molecule has 8 rings (SSSR count). The Hall–Kier alpha value is -6.08. The molecule has 2 heterocycles. The average molecular weight is 688 g/mol. The zero-order valence-electron chi connectivity index (χ0n) is 26.6. The maximum absolute atomic E-state index is 6.11. The number of aromatic nitrogens is 6. The SMILES string of the molecule is Clc1nc(-c2ccccc2)nc(-c2ccc(-c3ccccc3)cc2)n1.Clc1nc(-c2ccccc2)nc(-c2ccc(-c3ccccc3)cc2)n1. The van der Waals surface area contributed by atoms with Crippen LogP contribution in [-0.2, 0) is 0 Å². The first-order valence-electron chi connectivity index (χ1n) is 15.8. The molecule has 0 aliphatic heterocycles. The first-order chi connectivity index (χ1) is 24.6. The van der Waals surface area contributed by atoms with E-state index in [1.807, 2.05) is 121 Å². The molecule has 0 N–H and O–H groups in total. The normalized spacial score (nSPS) is 10.6. The molecule has 8 heteroatoms. The fourth-order valence-electron chi connectivity index (χ4n) is 5.28. The molecule has 0 fully saturated rings. The Labute approximate surface area is 300 Å². The van der Waals surface area contributed by atoms with Gasteiger partial charge in [0.2, 0.25) is 10.6 Å². The molecule has 0 aliphatic carbocycles. The minimum Gasteiger partial charge on any atom is -0.208 e. The summed E-state index contributed by atoms with van der Waals surface area (Å²) in [7, 11) is 0. The van der Waals surface area contributed by atoms with Crippen LogP contribution in [0.5, 0.6) is 0 Å². The summed E-state index contributed by atoms with van der Waals surface area (Å²) in [5.74, 6) is 2.28. The Morgan fingerprint density at radius 2 is 0.420 bits per heavy atom. The molecule has 0 unspecified atom stereocenters. The van der Waals surface area contributed by atoms with Gasteiger partial charge in [-0.05, 0) is 45.5 Å². The van der Waals surface area contributed by atoms with Crippen LogP contribution in [0.3, 0.4) is 0 Å². The van der Waals surface area contributed by atoms with Crippen molar-refractivity contribution >= 4 is 23.2 Å². The topological polar surface area (TPSA) is 77.3 Å². The van der Waals surface area contributed by atoms with Crippen molar-refractivity contribution in [3.63, 3.8) is 0 Å². The Kier molecular flexibility index (Phi) is 10.0. The first-order valence-corrected chi connectivity index (χ1v) is 16.6. The smallest absolute Gasteiger partial charge is 0.208 e. The van der Waals surface area contributed by atoms with E-state index >= 15 is 0 Å². The lowest BCUT2D eigenvalue weighted by molar-refractivity contribution is 1.07. The summed E-state index contributed by atoms with van der Waals surface area (Å²) in [6, 6.07) is 56.2. The van der Waals surface area contributed by atoms with Gasteiger partial charge in [-0.3, -0.25) is 0 Å². The molecule has 8 aromatic rings. The van der Waals surface area contributed by atoms with Crippen LogP contribution in [0.4, 0.5) is 0 Å². The molecular formula is C42H28Cl2N6. The third kappa shape index (κ3) is 7.96. The van der Waals surface area contributed by atoms with E-state index in [1.54, 1.807) is 0 Å². The Morgan fingerprint density at radius 1 is 0.220 bits per heavy atom. The third-order valence-corrected chi connectivity index (χ3v) is 8.12. The number of halogens is 2. The van der Waals surface area contributed by atoms with Gasteiger partial charge < -0.3 is 0 Å². The van der Waals surface area contributed by atoms with Crippen molar-refractivity contribution in [3.8, 4) is 67.8 Å². The molecule has 0 radical (unpaired) electrons. The van der Waals surface area contributed by atoms with Crippen LogP contribution in [0.25, 0.3) is 67.8 Å². The number of nitrogens with zero attached hydrogens (tertiary/aromatic N) is 6. The van der Waals surface area contributed by atoms with E-state index in [1.165, 1.54) is 11.1 Å². The van der Waals surface area contributed by atoms with Crippen LogP contribution in [0.1, 0.15) is 0 Å². The second kappa shape index (κ2) is 15.4. The van der Waals surface area contributed by atoms with Crippen LogP contribution in [0.15, 0.2) is 170 Å². The van der Waals surface area contributed by atoms with Gasteiger partial charge in [-0.25, -0.2) is 9.97 Å². The Bertz CT molecular complexity index is 2140. The standard InChI is InChI=1S/2C21H14ClN3/c2*22-21-24-19(17-9-5-2-6-10-17)23-20(25-21)18-13-11-16(12-14-18)15-7-3-1-4-8-15/h2*1-14H. The Morgan fingerprint density at radius 3 is 0.700 bits per heavy atom. The zero-order chi connectivity index (χ0) is 34.1. The van der Waals surface area contributed by atoms with Crippen molar-refractivity contribution in [3.05, 3.63) is 180 Å². The predicted octanol–water partition coefficient (Wildman–Crippen LogP) is 11.1. The predicted molar refractivity (Wildman–Crippen MR) is 202 cm³/mol. The van der Waals surface area contributed by atoms with Crippen LogP contribution in [-0.4, -0.2) is 29.9 Å². The highest BCUT2D eigenvalue weighted by Crippen LogP contribution is 2.27. The minimum atomic E-state index is 0.191. The molecule has 0 aliphatic rings. The highest BCUT2D eigenvalue weighted by atomic mass is 35.5. The third-order valence-electron chi connectivity index (χ3n) is 7.78. The van der Waals surface area contributed by atoms with Gasteiger partial charge in [0.05, 0.1) is 0 Å². The highest BCUT2D eigenvalue weighted by molar-refractivity contribution is 6.28. The molecule has 6 aromatic carbocycles. The summed E-state index contributed by atoms with van der Waals surface area (Å²) in [6.45, 7) is 0. The summed E-state index contributed by atoms with van der Waals surface area (Å²) in [6.07, 6.45) is 0. The average Bonchev–Trinajstić information content (AvgIpc) is 3.19. The lowest BCUT2D eigenvalue weighted by Crippen LogP contribution is -1.97. The summed E-state index contributed by atoms with van der Waals surface area (Å²) in [4.78, 5) is 26.2. The maximum Gasteiger partial charge on any atom is 0.226 e. The second-order valence-electron chi connectivity index (χ2n) is 11.1. The summed E-state index contributed by atoms with van der Waals surface area (Å²) >= 11 is 12.2. The van der Waals surface area contributed by atoms with Gasteiger partial charge in [-0.15, -0.1) is 0 Å². The van der Waals surface area contributed by atoms with Gasteiger partial charge in [0, 0.05) is 22.3 Å². The second-order valence-corrected chi connectivity index (χ2v) is 11.8. The first kappa shape index (κ1) is 32.5. The van der Waals surface area contributed by atoms with Crippen LogP contribution in [0.2, 0.25) is 10.6 Å². The van der Waals surface area contributed by atoms with Crippen molar-refractivity contribution in [2.45, 2.75) is 0 Å². The maximum atomic E-state index is 6.11. The van der Waals surface area contributed by atoms with Crippen LogP contribution < -0.4 is 0 Å². The van der Waals surface area contributed by atoms with Gasteiger partial charge in [0.1, 0.15) is 0 Å². The number of benzene rings is 6. The fraction of sp³-hybridized carbons (Fsp3) is 0. The number of hydrogen-bond donors (Lipinski definition) is 0. The lowest BCUT2D eigenvalue weighted by Gasteiger charge is -2.06. The van der Waals surface area contributed by atoms with Crippen molar-refractivity contribution in [2.75, 3.05) is 0 Å². The van der Waals surface area contributed by atoms with E-state index in [0.717, 1.165) is 33.4 Å². The van der Waals surface area contributed by atoms with Gasteiger partial charge >= 0.3 is 0 Å². The van der Waals surface area contributed by atoms with Crippen LogP contribution in [0, 0.1) is 0 Å². The number of hydrogen-bond acceptors (Lipinski definition) is 6.